The fourth-order valence-electron chi connectivity index (χ4n) is 1.61. The SMILES string of the molecule is CCCN(CC(F)(F)F)c1ccc([C@@H](C)N)cn1. The van der Waals surface area contributed by atoms with E-state index in [0.717, 1.165) is 5.56 Å². The van der Waals surface area contributed by atoms with Gasteiger partial charge in [0.1, 0.15) is 12.4 Å². The largest absolute Gasteiger partial charge is 0.405 e. The van der Waals surface area contributed by atoms with Gasteiger partial charge in [0.05, 0.1) is 0 Å². The van der Waals surface area contributed by atoms with Crippen LogP contribution in [0.15, 0.2) is 18.3 Å². The molecular weight excluding hydrogens is 243 g/mol. The van der Waals surface area contributed by atoms with Gasteiger partial charge in [-0.15, -0.1) is 0 Å². The zero-order valence-electron chi connectivity index (χ0n) is 10.5. The van der Waals surface area contributed by atoms with Crippen molar-refractivity contribution in [2.75, 3.05) is 18.0 Å². The summed E-state index contributed by atoms with van der Waals surface area (Å²) in [6, 6.07) is 3.13. The maximum atomic E-state index is 12.4. The average Bonchev–Trinajstić information content (AvgIpc) is 2.27. The van der Waals surface area contributed by atoms with Crippen LogP contribution in [0.4, 0.5) is 19.0 Å². The minimum atomic E-state index is -4.23. The van der Waals surface area contributed by atoms with E-state index < -0.39 is 12.7 Å². The molecule has 0 saturated carbocycles. The van der Waals surface area contributed by atoms with Crippen LogP contribution in [-0.4, -0.2) is 24.2 Å². The molecule has 1 atom stereocenters. The third-order valence-corrected chi connectivity index (χ3v) is 2.48. The number of anilines is 1. The predicted molar refractivity (Wildman–Crippen MR) is 65.4 cm³/mol. The van der Waals surface area contributed by atoms with Crippen molar-refractivity contribution in [1.82, 2.24) is 4.98 Å². The van der Waals surface area contributed by atoms with E-state index in [1.807, 2.05) is 6.92 Å². The van der Waals surface area contributed by atoms with Gasteiger partial charge in [0.15, 0.2) is 0 Å². The van der Waals surface area contributed by atoms with Crippen LogP contribution in [0, 0.1) is 0 Å². The smallest absolute Gasteiger partial charge is 0.348 e. The number of hydrogen-bond donors (Lipinski definition) is 1. The van der Waals surface area contributed by atoms with Crippen molar-refractivity contribution >= 4 is 5.82 Å². The van der Waals surface area contributed by atoms with Crippen molar-refractivity contribution in [3.05, 3.63) is 23.9 Å². The number of pyridine rings is 1. The van der Waals surface area contributed by atoms with Crippen LogP contribution in [-0.2, 0) is 0 Å². The second kappa shape index (κ2) is 6.04. The lowest BCUT2D eigenvalue weighted by Crippen LogP contribution is -2.35. The molecular formula is C12H18F3N3. The fourth-order valence-corrected chi connectivity index (χ4v) is 1.61. The lowest BCUT2D eigenvalue weighted by Gasteiger charge is -2.24. The monoisotopic (exact) mass is 261 g/mol. The first kappa shape index (κ1) is 14.8. The number of alkyl halides is 3. The van der Waals surface area contributed by atoms with E-state index in [4.69, 9.17) is 5.73 Å². The zero-order chi connectivity index (χ0) is 13.8. The Morgan fingerprint density at radius 2 is 2.06 bits per heavy atom. The van der Waals surface area contributed by atoms with Crippen LogP contribution >= 0.6 is 0 Å². The molecule has 0 aliphatic carbocycles. The maximum absolute atomic E-state index is 12.4. The van der Waals surface area contributed by atoms with E-state index in [0.29, 0.717) is 18.8 Å². The molecule has 0 aromatic carbocycles. The second-order valence-corrected chi connectivity index (χ2v) is 4.28. The van der Waals surface area contributed by atoms with Crippen molar-refractivity contribution in [1.29, 1.82) is 0 Å². The molecule has 1 rings (SSSR count). The summed E-state index contributed by atoms with van der Waals surface area (Å²) in [4.78, 5) is 5.28. The molecule has 1 aromatic rings. The van der Waals surface area contributed by atoms with Crippen LogP contribution in [0.5, 0.6) is 0 Å². The van der Waals surface area contributed by atoms with Crippen molar-refractivity contribution in [2.24, 2.45) is 5.73 Å². The molecule has 102 valence electrons. The minimum absolute atomic E-state index is 0.172. The summed E-state index contributed by atoms with van der Waals surface area (Å²) < 4.78 is 37.3. The Morgan fingerprint density at radius 3 is 2.44 bits per heavy atom. The average molecular weight is 261 g/mol. The topological polar surface area (TPSA) is 42.1 Å². The molecule has 0 spiro atoms. The Hall–Kier alpha value is -1.30. The Morgan fingerprint density at radius 1 is 1.39 bits per heavy atom. The Kier molecular flexibility index (Phi) is 4.95. The molecule has 2 N–H and O–H groups in total. The van der Waals surface area contributed by atoms with E-state index in [1.54, 1.807) is 19.1 Å². The second-order valence-electron chi connectivity index (χ2n) is 4.28. The standard InChI is InChI=1S/C12H18F3N3/c1-3-6-18(8-12(13,14)15)11-5-4-10(7-17-11)9(2)16/h4-5,7,9H,3,6,8,16H2,1-2H3/t9-/m1/s1. The van der Waals surface area contributed by atoms with Gasteiger partial charge in [0.25, 0.3) is 0 Å². The van der Waals surface area contributed by atoms with Gasteiger partial charge >= 0.3 is 6.18 Å². The number of hydrogen-bond acceptors (Lipinski definition) is 3. The number of halogens is 3. The molecule has 3 nitrogen and oxygen atoms in total. The van der Waals surface area contributed by atoms with Gasteiger partial charge in [0, 0.05) is 18.8 Å². The maximum Gasteiger partial charge on any atom is 0.405 e. The minimum Gasteiger partial charge on any atom is -0.348 e. The highest BCUT2D eigenvalue weighted by atomic mass is 19.4. The van der Waals surface area contributed by atoms with Crippen molar-refractivity contribution in [3.8, 4) is 0 Å². The highest BCUT2D eigenvalue weighted by Crippen LogP contribution is 2.21. The molecule has 0 amide bonds. The molecule has 0 bridgehead atoms. The van der Waals surface area contributed by atoms with Crippen LogP contribution in [0.3, 0.4) is 0 Å². The van der Waals surface area contributed by atoms with Gasteiger partial charge < -0.3 is 10.6 Å². The molecule has 1 aromatic heterocycles. The van der Waals surface area contributed by atoms with E-state index in [1.165, 1.54) is 11.1 Å². The molecule has 6 heteroatoms. The Labute approximate surface area is 105 Å². The number of nitrogens with two attached hydrogens (primary N) is 1. The zero-order valence-corrected chi connectivity index (χ0v) is 10.5. The molecule has 1 heterocycles. The highest BCUT2D eigenvalue weighted by molar-refractivity contribution is 5.40. The van der Waals surface area contributed by atoms with Gasteiger partial charge in [-0.05, 0) is 25.0 Å². The van der Waals surface area contributed by atoms with Gasteiger partial charge in [-0.1, -0.05) is 13.0 Å². The van der Waals surface area contributed by atoms with Crippen molar-refractivity contribution < 1.29 is 13.2 Å². The summed E-state index contributed by atoms with van der Waals surface area (Å²) in [5, 5.41) is 0. The summed E-state index contributed by atoms with van der Waals surface area (Å²) in [6.45, 7) is 2.98. The highest BCUT2D eigenvalue weighted by Gasteiger charge is 2.31. The van der Waals surface area contributed by atoms with E-state index >= 15 is 0 Å². The Balaban J connectivity index is 2.85. The third kappa shape index (κ3) is 4.52. The van der Waals surface area contributed by atoms with Crippen LogP contribution in [0.2, 0.25) is 0 Å². The molecule has 18 heavy (non-hydrogen) atoms. The van der Waals surface area contributed by atoms with E-state index in [9.17, 15) is 13.2 Å². The van der Waals surface area contributed by atoms with Crippen LogP contribution in [0.1, 0.15) is 31.9 Å². The number of rotatable bonds is 5. The Bertz CT molecular complexity index is 360. The number of aromatic nitrogens is 1. The molecule has 0 saturated heterocycles. The van der Waals surface area contributed by atoms with Gasteiger partial charge in [-0.3, -0.25) is 0 Å². The first-order chi connectivity index (χ1) is 8.33. The molecule has 0 aliphatic heterocycles. The summed E-state index contributed by atoms with van der Waals surface area (Å²) >= 11 is 0. The van der Waals surface area contributed by atoms with Gasteiger partial charge in [-0.2, -0.15) is 13.2 Å². The summed E-state index contributed by atoms with van der Waals surface area (Å²) in [5.41, 5.74) is 6.47. The summed E-state index contributed by atoms with van der Waals surface area (Å²) in [7, 11) is 0. The summed E-state index contributed by atoms with van der Waals surface area (Å²) in [5.74, 6) is 0.332. The lowest BCUT2D eigenvalue weighted by molar-refractivity contribution is -0.119. The van der Waals surface area contributed by atoms with Crippen LogP contribution < -0.4 is 10.6 Å². The van der Waals surface area contributed by atoms with Crippen molar-refractivity contribution in [2.45, 2.75) is 32.5 Å². The molecule has 0 aliphatic rings. The fraction of sp³-hybridized carbons (Fsp3) is 0.583. The first-order valence-corrected chi connectivity index (χ1v) is 5.86. The molecule has 0 unspecified atom stereocenters. The number of nitrogens with zero attached hydrogens (tertiary/aromatic N) is 2. The summed E-state index contributed by atoms with van der Waals surface area (Å²) in [6.07, 6.45) is -2.07. The quantitative estimate of drug-likeness (QED) is 0.886. The van der Waals surface area contributed by atoms with E-state index in [-0.39, 0.29) is 6.04 Å². The first-order valence-electron chi connectivity index (χ1n) is 5.86. The molecule has 0 fully saturated rings. The lowest BCUT2D eigenvalue weighted by atomic mass is 10.1. The van der Waals surface area contributed by atoms with Gasteiger partial charge in [0.2, 0.25) is 0 Å². The van der Waals surface area contributed by atoms with Gasteiger partial charge in [-0.25, -0.2) is 4.98 Å². The predicted octanol–water partition coefficient (Wildman–Crippen LogP) is 2.88. The third-order valence-electron chi connectivity index (χ3n) is 2.48. The molecule has 0 radical (unpaired) electrons. The van der Waals surface area contributed by atoms with Crippen LogP contribution in [0.25, 0.3) is 0 Å². The normalized spacial score (nSPS) is 13.4. The van der Waals surface area contributed by atoms with Crippen molar-refractivity contribution in [3.63, 3.8) is 0 Å². The van der Waals surface area contributed by atoms with E-state index in [2.05, 4.69) is 4.98 Å².